The van der Waals surface area contributed by atoms with Crippen molar-refractivity contribution in [1.82, 2.24) is 10.0 Å². The highest BCUT2D eigenvalue weighted by Crippen LogP contribution is 2.24. The van der Waals surface area contributed by atoms with Gasteiger partial charge in [-0.1, -0.05) is 18.5 Å². The highest BCUT2D eigenvalue weighted by Gasteiger charge is 2.18. The van der Waals surface area contributed by atoms with Crippen LogP contribution in [0.4, 0.5) is 4.39 Å². The fourth-order valence-electron chi connectivity index (χ4n) is 1.69. The Balaban J connectivity index is 2.92. The second kappa shape index (κ2) is 8.33. The van der Waals surface area contributed by atoms with E-state index in [0.29, 0.717) is 30.3 Å². The molecule has 0 saturated carbocycles. The van der Waals surface area contributed by atoms with Crippen molar-refractivity contribution in [2.75, 3.05) is 19.8 Å². The van der Waals surface area contributed by atoms with E-state index in [-0.39, 0.29) is 9.92 Å². The molecule has 0 saturated heterocycles. The van der Waals surface area contributed by atoms with Crippen LogP contribution in [0.5, 0.6) is 0 Å². The molecule has 120 valence electrons. The lowest BCUT2D eigenvalue weighted by Gasteiger charge is -2.12. The second-order valence-corrected chi connectivity index (χ2v) is 8.06. The average molecular weight is 355 g/mol. The Morgan fingerprint density at radius 3 is 2.67 bits per heavy atom. The van der Waals surface area contributed by atoms with Crippen LogP contribution in [-0.2, 0) is 16.6 Å². The first-order chi connectivity index (χ1) is 9.81. The van der Waals surface area contributed by atoms with E-state index in [1.54, 1.807) is 18.8 Å². The summed E-state index contributed by atoms with van der Waals surface area (Å²) in [6.45, 7) is 2.63. The normalized spacial score (nSPS) is 13.4. The van der Waals surface area contributed by atoms with E-state index in [0.717, 1.165) is 6.07 Å². The van der Waals surface area contributed by atoms with E-state index < -0.39 is 15.8 Å². The van der Waals surface area contributed by atoms with Crippen LogP contribution in [-0.4, -0.2) is 33.5 Å². The number of halogens is 2. The lowest BCUT2D eigenvalue weighted by Crippen LogP contribution is -2.26. The van der Waals surface area contributed by atoms with Crippen LogP contribution in [0.3, 0.4) is 0 Å². The fraction of sp³-hybridized carbons (Fsp3) is 0.538. The van der Waals surface area contributed by atoms with E-state index >= 15 is 0 Å². The zero-order chi connectivity index (χ0) is 16.0. The van der Waals surface area contributed by atoms with Gasteiger partial charge in [-0.2, -0.15) is 11.8 Å². The van der Waals surface area contributed by atoms with Gasteiger partial charge in [0.05, 0.1) is 9.92 Å². The van der Waals surface area contributed by atoms with Crippen molar-refractivity contribution in [3.8, 4) is 0 Å². The lowest BCUT2D eigenvalue weighted by atomic mass is 10.2. The monoisotopic (exact) mass is 354 g/mol. The van der Waals surface area contributed by atoms with Crippen LogP contribution in [0.1, 0.15) is 18.9 Å². The zero-order valence-electron chi connectivity index (χ0n) is 12.2. The predicted octanol–water partition coefficient (Wildman–Crippen LogP) is 2.62. The molecule has 1 unspecified atom stereocenters. The van der Waals surface area contributed by atoms with Crippen LogP contribution < -0.4 is 10.0 Å². The molecule has 0 fully saturated rings. The number of hydrogen-bond donors (Lipinski definition) is 2. The maximum atomic E-state index is 13.7. The van der Waals surface area contributed by atoms with Gasteiger partial charge in [0.2, 0.25) is 10.0 Å². The first-order valence-electron chi connectivity index (χ1n) is 6.46. The van der Waals surface area contributed by atoms with Crippen LogP contribution in [0.2, 0.25) is 5.02 Å². The number of rotatable bonds is 8. The van der Waals surface area contributed by atoms with Crippen molar-refractivity contribution in [2.24, 2.45) is 0 Å². The molecule has 4 nitrogen and oxygen atoms in total. The molecule has 0 spiro atoms. The summed E-state index contributed by atoms with van der Waals surface area (Å²) in [5.41, 5.74) is 0.414. The molecule has 0 radical (unpaired) electrons. The van der Waals surface area contributed by atoms with E-state index in [4.69, 9.17) is 11.6 Å². The summed E-state index contributed by atoms with van der Waals surface area (Å²) in [6.07, 6.45) is 2.68. The average Bonchev–Trinajstić information content (AvgIpc) is 2.43. The third-order valence-corrected chi connectivity index (χ3v) is 5.90. The molecule has 0 aliphatic carbocycles. The molecule has 0 amide bonds. The molecule has 0 heterocycles. The molecule has 1 rings (SSSR count). The molecule has 0 aliphatic rings. The molecule has 8 heteroatoms. The Morgan fingerprint density at radius 2 is 2.10 bits per heavy atom. The third kappa shape index (κ3) is 5.41. The Morgan fingerprint density at radius 1 is 1.43 bits per heavy atom. The summed E-state index contributed by atoms with van der Waals surface area (Å²) >= 11 is 7.49. The number of benzene rings is 1. The molecule has 1 aromatic rings. The van der Waals surface area contributed by atoms with Gasteiger partial charge in [0.15, 0.2) is 0 Å². The number of sulfonamides is 1. The van der Waals surface area contributed by atoms with Gasteiger partial charge >= 0.3 is 0 Å². The summed E-state index contributed by atoms with van der Waals surface area (Å²) in [7, 11) is -2.05. The maximum Gasteiger partial charge on any atom is 0.240 e. The minimum atomic E-state index is -3.73. The minimum absolute atomic E-state index is 0.0562. The Kier molecular flexibility index (Phi) is 7.42. The molecule has 0 aromatic heterocycles. The topological polar surface area (TPSA) is 58.2 Å². The number of hydrogen-bond acceptors (Lipinski definition) is 4. The minimum Gasteiger partial charge on any atom is -0.316 e. The van der Waals surface area contributed by atoms with Gasteiger partial charge in [0, 0.05) is 18.3 Å². The summed E-state index contributed by atoms with van der Waals surface area (Å²) in [5.74, 6) is -0.734. The molecule has 0 aliphatic heterocycles. The van der Waals surface area contributed by atoms with Gasteiger partial charge in [-0.15, -0.1) is 0 Å². The Hall–Kier alpha value is -0.340. The zero-order valence-corrected chi connectivity index (χ0v) is 14.6. The first-order valence-corrected chi connectivity index (χ1v) is 9.61. The Bertz CT molecular complexity index is 582. The van der Waals surface area contributed by atoms with Gasteiger partial charge in [0.1, 0.15) is 5.82 Å². The maximum absolute atomic E-state index is 13.7. The van der Waals surface area contributed by atoms with Crippen LogP contribution in [0.15, 0.2) is 17.0 Å². The standard InChI is InChI=1S/C13H20ClFN2O2S2/c1-9(20-3)4-5-17-21(18,19)11-6-10(8-16-2)13(14)12(15)7-11/h6-7,9,16-17H,4-5,8H2,1-3H3. The van der Waals surface area contributed by atoms with E-state index in [1.165, 1.54) is 6.07 Å². The van der Waals surface area contributed by atoms with Crippen LogP contribution >= 0.6 is 23.4 Å². The van der Waals surface area contributed by atoms with Crippen molar-refractivity contribution in [1.29, 1.82) is 0 Å². The van der Waals surface area contributed by atoms with Crippen molar-refractivity contribution < 1.29 is 12.8 Å². The second-order valence-electron chi connectivity index (χ2n) is 4.64. The SMILES string of the molecule is CNCc1cc(S(=O)(=O)NCCC(C)SC)cc(F)c1Cl. The lowest BCUT2D eigenvalue weighted by molar-refractivity contribution is 0.574. The fourth-order valence-corrected chi connectivity index (χ4v) is 3.33. The molecule has 21 heavy (non-hydrogen) atoms. The molecular formula is C13H20ClFN2O2S2. The van der Waals surface area contributed by atoms with Crippen molar-refractivity contribution in [2.45, 2.75) is 30.0 Å². The van der Waals surface area contributed by atoms with Crippen molar-refractivity contribution in [3.05, 3.63) is 28.5 Å². The first kappa shape index (κ1) is 18.7. The Labute approximate surface area is 134 Å². The van der Waals surface area contributed by atoms with E-state index in [1.807, 2.05) is 13.2 Å². The molecule has 1 atom stereocenters. The van der Waals surface area contributed by atoms with Crippen molar-refractivity contribution in [3.63, 3.8) is 0 Å². The van der Waals surface area contributed by atoms with E-state index in [9.17, 15) is 12.8 Å². The molecule has 1 aromatic carbocycles. The van der Waals surface area contributed by atoms with Crippen molar-refractivity contribution >= 4 is 33.4 Å². The third-order valence-electron chi connectivity index (χ3n) is 3.00. The largest absolute Gasteiger partial charge is 0.316 e. The smallest absolute Gasteiger partial charge is 0.240 e. The van der Waals surface area contributed by atoms with Gasteiger partial charge in [-0.05, 0) is 37.4 Å². The molecular weight excluding hydrogens is 335 g/mol. The van der Waals surface area contributed by atoms with Crippen LogP contribution in [0.25, 0.3) is 0 Å². The summed E-state index contributed by atoms with van der Waals surface area (Å²) in [6, 6.07) is 2.34. The highest BCUT2D eigenvalue weighted by atomic mass is 35.5. The van der Waals surface area contributed by atoms with Gasteiger partial charge in [-0.3, -0.25) is 0 Å². The quantitative estimate of drug-likeness (QED) is 0.753. The summed E-state index contributed by atoms with van der Waals surface area (Å²) in [5, 5.41) is 3.13. The molecule has 0 bridgehead atoms. The van der Waals surface area contributed by atoms with Gasteiger partial charge < -0.3 is 5.32 Å². The summed E-state index contributed by atoms with van der Waals surface area (Å²) in [4.78, 5) is -0.105. The highest BCUT2D eigenvalue weighted by molar-refractivity contribution is 7.99. The predicted molar refractivity (Wildman–Crippen MR) is 87.0 cm³/mol. The number of thioether (sulfide) groups is 1. The van der Waals surface area contributed by atoms with Gasteiger partial charge in [-0.25, -0.2) is 17.5 Å². The number of nitrogens with one attached hydrogen (secondary N) is 2. The summed E-state index contributed by atoms with van der Waals surface area (Å²) < 4.78 is 40.6. The van der Waals surface area contributed by atoms with Gasteiger partial charge in [0.25, 0.3) is 0 Å². The molecule has 2 N–H and O–H groups in total. The van der Waals surface area contributed by atoms with E-state index in [2.05, 4.69) is 10.0 Å². The van der Waals surface area contributed by atoms with Crippen LogP contribution in [0, 0.1) is 5.82 Å².